The van der Waals surface area contributed by atoms with E-state index in [-0.39, 0.29) is 5.56 Å². The van der Waals surface area contributed by atoms with Crippen molar-refractivity contribution in [2.24, 2.45) is 5.10 Å². The number of carboxylic acids is 1. The highest BCUT2D eigenvalue weighted by atomic mass is 16.5. The van der Waals surface area contributed by atoms with E-state index in [2.05, 4.69) is 17.5 Å². The summed E-state index contributed by atoms with van der Waals surface area (Å²) in [5, 5.41) is 12.9. The zero-order chi connectivity index (χ0) is 15.8. The summed E-state index contributed by atoms with van der Waals surface area (Å²) in [5.74, 6) is -0.100. The zero-order valence-corrected chi connectivity index (χ0v) is 12.3. The van der Waals surface area contributed by atoms with Crippen LogP contribution in [0.1, 0.15) is 29.3 Å². The van der Waals surface area contributed by atoms with Crippen LogP contribution in [-0.4, -0.2) is 23.9 Å². The van der Waals surface area contributed by atoms with E-state index in [0.717, 1.165) is 23.4 Å². The van der Waals surface area contributed by atoms with Crippen LogP contribution < -0.4 is 10.2 Å². The summed E-state index contributed by atoms with van der Waals surface area (Å²) < 4.78 is 5.51. The summed E-state index contributed by atoms with van der Waals surface area (Å²) in [5.41, 5.74) is 4.77. The molecule has 2 rings (SSSR count). The van der Waals surface area contributed by atoms with Gasteiger partial charge in [0.2, 0.25) is 0 Å². The van der Waals surface area contributed by atoms with Gasteiger partial charge in [0.15, 0.2) is 0 Å². The highest BCUT2D eigenvalue weighted by molar-refractivity contribution is 5.88. The Morgan fingerprint density at radius 2 is 1.86 bits per heavy atom. The van der Waals surface area contributed by atoms with Gasteiger partial charge in [-0.15, -0.1) is 0 Å². The predicted octanol–water partition coefficient (Wildman–Crippen LogP) is 3.62. The highest BCUT2D eigenvalue weighted by Crippen LogP contribution is 2.12. The van der Waals surface area contributed by atoms with Crippen molar-refractivity contribution in [1.82, 2.24) is 0 Å². The normalized spacial score (nSPS) is 10.6. The molecule has 2 aromatic rings. The van der Waals surface area contributed by atoms with Crippen molar-refractivity contribution in [1.29, 1.82) is 0 Å². The largest absolute Gasteiger partial charge is 0.494 e. The molecule has 0 spiro atoms. The summed E-state index contributed by atoms with van der Waals surface area (Å²) >= 11 is 0. The van der Waals surface area contributed by atoms with Crippen molar-refractivity contribution in [2.75, 3.05) is 12.0 Å². The fourth-order valence-corrected chi connectivity index (χ4v) is 1.74. The van der Waals surface area contributed by atoms with Gasteiger partial charge in [-0.1, -0.05) is 6.92 Å². The molecule has 0 aliphatic heterocycles. The minimum absolute atomic E-state index is 0.247. The van der Waals surface area contributed by atoms with Gasteiger partial charge in [-0.2, -0.15) is 5.10 Å². The van der Waals surface area contributed by atoms with Gasteiger partial charge in [-0.05, 0) is 60.5 Å². The SMILES string of the molecule is CCCOc1ccc(/C=N\Nc2ccc(C(=O)O)cc2)cc1. The van der Waals surface area contributed by atoms with Crippen LogP contribution in [0.2, 0.25) is 0 Å². The van der Waals surface area contributed by atoms with Gasteiger partial charge in [0, 0.05) is 0 Å². The molecule has 0 atom stereocenters. The molecule has 0 bridgehead atoms. The van der Waals surface area contributed by atoms with Crippen LogP contribution in [0, 0.1) is 0 Å². The first kappa shape index (κ1) is 15.6. The minimum Gasteiger partial charge on any atom is -0.494 e. The number of rotatable bonds is 7. The molecule has 0 saturated carbocycles. The van der Waals surface area contributed by atoms with E-state index >= 15 is 0 Å². The number of hydrogen-bond donors (Lipinski definition) is 2. The van der Waals surface area contributed by atoms with E-state index in [1.54, 1.807) is 18.3 Å². The fraction of sp³-hybridized carbons (Fsp3) is 0.176. The molecule has 22 heavy (non-hydrogen) atoms. The topological polar surface area (TPSA) is 70.9 Å². The van der Waals surface area contributed by atoms with E-state index in [9.17, 15) is 4.79 Å². The maximum atomic E-state index is 10.7. The summed E-state index contributed by atoms with van der Waals surface area (Å²) in [4.78, 5) is 10.7. The molecule has 2 N–H and O–H groups in total. The minimum atomic E-state index is -0.944. The molecular formula is C17H18N2O3. The number of benzene rings is 2. The van der Waals surface area contributed by atoms with Crippen LogP contribution in [0.15, 0.2) is 53.6 Å². The number of carboxylic acid groups (broad SMARTS) is 1. The van der Waals surface area contributed by atoms with Crippen LogP contribution >= 0.6 is 0 Å². The Balaban J connectivity index is 1.90. The highest BCUT2D eigenvalue weighted by Gasteiger charge is 2.00. The summed E-state index contributed by atoms with van der Waals surface area (Å²) in [6, 6.07) is 14.0. The van der Waals surface area contributed by atoms with Crippen molar-refractivity contribution >= 4 is 17.9 Å². The Kier molecular flexibility index (Phi) is 5.54. The second kappa shape index (κ2) is 7.83. The molecule has 0 radical (unpaired) electrons. The van der Waals surface area contributed by atoms with Crippen LogP contribution in [-0.2, 0) is 0 Å². The van der Waals surface area contributed by atoms with Gasteiger partial charge >= 0.3 is 5.97 Å². The molecule has 0 saturated heterocycles. The van der Waals surface area contributed by atoms with Crippen LogP contribution in [0.4, 0.5) is 5.69 Å². The average molecular weight is 298 g/mol. The van der Waals surface area contributed by atoms with E-state index in [0.29, 0.717) is 6.61 Å². The molecule has 0 unspecified atom stereocenters. The first-order valence-electron chi connectivity index (χ1n) is 7.04. The van der Waals surface area contributed by atoms with E-state index in [1.165, 1.54) is 12.1 Å². The second-order valence-corrected chi connectivity index (χ2v) is 4.67. The van der Waals surface area contributed by atoms with Gasteiger partial charge in [0.05, 0.1) is 24.1 Å². The first-order chi connectivity index (χ1) is 10.7. The number of ether oxygens (including phenoxy) is 1. The predicted molar refractivity (Wildman–Crippen MR) is 86.8 cm³/mol. The maximum Gasteiger partial charge on any atom is 0.335 e. The molecule has 0 fully saturated rings. The van der Waals surface area contributed by atoms with Crippen molar-refractivity contribution in [3.05, 3.63) is 59.7 Å². The van der Waals surface area contributed by atoms with Gasteiger partial charge in [-0.25, -0.2) is 4.79 Å². The average Bonchev–Trinajstić information content (AvgIpc) is 2.54. The number of hydrazone groups is 1. The van der Waals surface area contributed by atoms with Crippen molar-refractivity contribution in [3.8, 4) is 5.75 Å². The Morgan fingerprint density at radius 3 is 2.45 bits per heavy atom. The molecule has 5 nitrogen and oxygen atoms in total. The molecular weight excluding hydrogens is 280 g/mol. The van der Waals surface area contributed by atoms with E-state index in [1.807, 2.05) is 24.3 Å². The number of aromatic carboxylic acids is 1. The second-order valence-electron chi connectivity index (χ2n) is 4.67. The third kappa shape index (κ3) is 4.63. The van der Waals surface area contributed by atoms with Crippen LogP contribution in [0.25, 0.3) is 0 Å². The zero-order valence-electron chi connectivity index (χ0n) is 12.3. The van der Waals surface area contributed by atoms with Crippen molar-refractivity contribution < 1.29 is 14.6 Å². The smallest absolute Gasteiger partial charge is 0.335 e. The monoisotopic (exact) mass is 298 g/mol. The third-order valence-electron chi connectivity index (χ3n) is 2.89. The van der Waals surface area contributed by atoms with Crippen LogP contribution in [0.5, 0.6) is 5.75 Å². The first-order valence-corrected chi connectivity index (χ1v) is 7.04. The van der Waals surface area contributed by atoms with Crippen molar-refractivity contribution in [3.63, 3.8) is 0 Å². The quantitative estimate of drug-likeness (QED) is 0.605. The third-order valence-corrected chi connectivity index (χ3v) is 2.89. The van der Waals surface area contributed by atoms with Gasteiger partial charge in [0.1, 0.15) is 5.75 Å². The summed E-state index contributed by atoms with van der Waals surface area (Å²) in [6.45, 7) is 2.77. The lowest BCUT2D eigenvalue weighted by Gasteiger charge is -2.04. The summed E-state index contributed by atoms with van der Waals surface area (Å²) in [6.07, 6.45) is 2.67. The number of anilines is 1. The Labute approximate surface area is 129 Å². The standard InChI is InChI=1S/C17H18N2O3/c1-2-11-22-16-9-3-13(4-10-16)12-18-19-15-7-5-14(6-8-15)17(20)21/h3-10,12,19H,2,11H2,1H3,(H,20,21)/b18-12-. The lowest BCUT2D eigenvalue weighted by atomic mass is 10.2. The van der Waals surface area contributed by atoms with E-state index in [4.69, 9.17) is 9.84 Å². The maximum absolute atomic E-state index is 10.7. The molecule has 5 heteroatoms. The number of carbonyl (C=O) groups is 1. The summed E-state index contributed by atoms with van der Waals surface area (Å²) in [7, 11) is 0. The van der Waals surface area contributed by atoms with Gasteiger partial charge in [-0.3, -0.25) is 5.43 Å². The molecule has 0 aromatic heterocycles. The molecule has 0 aliphatic carbocycles. The molecule has 0 heterocycles. The Morgan fingerprint density at radius 1 is 1.18 bits per heavy atom. The Hall–Kier alpha value is -2.82. The van der Waals surface area contributed by atoms with Gasteiger partial charge in [0.25, 0.3) is 0 Å². The van der Waals surface area contributed by atoms with Crippen molar-refractivity contribution in [2.45, 2.75) is 13.3 Å². The Bertz CT molecular complexity index is 634. The molecule has 0 aliphatic rings. The molecule has 2 aromatic carbocycles. The van der Waals surface area contributed by atoms with E-state index < -0.39 is 5.97 Å². The number of hydrogen-bond acceptors (Lipinski definition) is 4. The lowest BCUT2D eigenvalue weighted by Crippen LogP contribution is -1.97. The molecule has 0 amide bonds. The number of nitrogens with one attached hydrogen (secondary N) is 1. The number of nitrogens with zero attached hydrogens (tertiary/aromatic N) is 1. The lowest BCUT2D eigenvalue weighted by molar-refractivity contribution is 0.0697. The fourth-order valence-electron chi connectivity index (χ4n) is 1.74. The van der Waals surface area contributed by atoms with Crippen LogP contribution in [0.3, 0.4) is 0 Å². The molecule has 114 valence electrons. The van der Waals surface area contributed by atoms with Gasteiger partial charge < -0.3 is 9.84 Å².